The Morgan fingerprint density at radius 3 is 1.65 bits per heavy atom. The molecule has 0 aliphatic rings. The minimum absolute atomic E-state index is 0.0593. The Hall–Kier alpha value is -1.65. The average molecular weight is 560 g/mol. The Balaban J connectivity index is 3.68. The Morgan fingerprint density at radius 2 is 1.10 bits per heavy atom. The van der Waals surface area contributed by atoms with Crippen LogP contribution in [0.2, 0.25) is 0 Å². The van der Waals surface area contributed by atoms with Gasteiger partial charge in [-0.2, -0.15) is 0 Å². The van der Waals surface area contributed by atoms with Crippen molar-refractivity contribution in [2.75, 3.05) is 6.61 Å². The molecule has 0 aliphatic heterocycles. The van der Waals surface area contributed by atoms with Crippen LogP contribution in [0.5, 0.6) is 0 Å². The zero-order valence-electron chi connectivity index (χ0n) is 26.3. The molecule has 232 valence electrons. The smallest absolute Gasteiger partial charge is 0.220 e. The first-order chi connectivity index (χ1) is 19.7. The normalized spacial score (nSPS) is 13.8. The van der Waals surface area contributed by atoms with Crippen molar-refractivity contribution >= 4 is 5.91 Å². The van der Waals surface area contributed by atoms with Crippen molar-refractivity contribution in [3.8, 4) is 0 Å². The van der Waals surface area contributed by atoms with Gasteiger partial charge in [-0.3, -0.25) is 4.79 Å². The SMILES string of the molecule is CC/C=C\C/C=C\C/C=C\C/C=C\CCCCCCC(=O)NC(CO)C(O)CCCCCCCCCCCCC. The first kappa shape index (κ1) is 38.4. The second-order valence-electron chi connectivity index (χ2n) is 11.2. The maximum atomic E-state index is 12.3. The third-order valence-electron chi connectivity index (χ3n) is 7.35. The molecule has 0 spiro atoms. The number of nitrogens with one attached hydrogen (secondary N) is 1. The largest absolute Gasteiger partial charge is 0.394 e. The van der Waals surface area contributed by atoms with E-state index in [0.717, 1.165) is 70.6 Å². The van der Waals surface area contributed by atoms with Gasteiger partial charge in [0.2, 0.25) is 5.91 Å². The van der Waals surface area contributed by atoms with Gasteiger partial charge in [-0.05, 0) is 51.4 Å². The van der Waals surface area contributed by atoms with Gasteiger partial charge in [-0.15, -0.1) is 0 Å². The Morgan fingerprint density at radius 1 is 0.625 bits per heavy atom. The van der Waals surface area contributed by atoms with Crippen LogP contribution >= 0.6 is 0 Å². The summed E-state index contributed by atoms with van der Waals surface area (Å²) in [5, 5.41) is 22.9. The number of amides is 1. The Labute approximate surface area is 248 Å². The fourth-order valence-corrected chi connectivity index (χ4v) is 4.76. The molecule has 0 radical (unpaired) electrons. The van der Waals surface area contributed by atoms with Crippen LogP contribution in [0.25, 0.3) is 0 Å². The summed E-state index contributed by atoms with van der Waals surface area (Å²) in [5.41, 5.74) is 0. The van der Waals surface area contributed by atoms with E-state index < -0.39 is 12.1 Å². The monoisotopic (exact) mass is 559 g/mol. The lowest BCUT2D eigenvalue weighted by Gasteiger charge is -2.22. The highest BCUT2D eigenvalue weighted by Gasteiger charge is 2.19. The van der Waals surface area contributed by atoms with E-state index in [0.29, 0.717) is 12.8 Å². The molecule has 4 heteroatoms. The van der Waals surface area contributed by atoms with Crippen LogP contribution in [0.1, 0.15) is 155 Å². The number of allylic oxidation sites excluding steroid dienone is 8. The third kappa shape index (κ3) is 27.9. The molecule has 0 saturated heterocycles. The van der Waals surface area contributed by atoms with Crippen LogP contribution in [0.4, 0.5) is 0 Å². The average Bonchev–Trinajstić information content (AvgIpc) is 2.96. The van der Waals surface area contributed by atoms with Crippen LogP contribution < -0.4 is 5.32 Å². The number of carbonyl (C=O) groups is 1. The molecule has 0 aromatic heterocycles. The summed E-state index contributed by atoms with van der Waals surface area (Å²) >= 11 is 0. The number of aliphatic hydroxyl groups is 2. The van der Waals surface area contributed by atoms with Crippen molar-refractivity contribution in [1.29, 1.82) is 0 Å². The molecule has 40 heavy (non-hydrogen) atoms. The molecule has 3 N–H and O–H groups in total. The summed E-state index contributed by atoms with van der Waals surface area (Å²) in [6.07, 6.45) is 41.5. The van der Waals surface area contributed by atoms with Crippen LogP contribution in [-0.2, 0) is 4.79 Å². The highest BCUT2D eigenvalue weighted by molar-refractivity contribution is 5.76. The molecule has 0 aromatic carbocycles. The van der Waals surface area contributed by atoms with E-state index in [-0.39, 0.29) is 12.5 Å². The van der Waals surface area contributed by atoms with Crippen molar-refractivity contribution in [2.45, 2.75) is 167 Å². The highest BCUT2D eigenvalue weighted by Crippen LogP contribution is 2.14. The van der Waals surface area contributed by atoms with Gasteiger partial charge >= 0.3 is 0 Å². The quantitative estimate of drug-likeness (QED) is 0.0631. The molecule has 2 atom stereocenters. The summed E-state index contributed by atoms with van der Waals surface area (Å²) < 4.78 is 0. The topological polar surface area (TPSA) is 69.6 Å². The number of carbonyl (C=O) groups excluding carboxylic acids is 1. The lowest BCUT2D eigenvalue weighted by Crippen LogP contribution is -2.45. The van der Waals surface area contributed by atoms with Crippen molar-refractivity contribution in [2.24, 2.45) is 0 Å². The van der Waals surface area contributed by atoms with E-state index in [1.54, 1.807) is 0 Å². The molecule has 1 amide bonds. The fourth-order valence-electron chi connectivity index (χ4n) is 4.76. The van der Waals surface area contributed by atoms with Gasteiger partial charge < -0.3 is 15.5 Å². The predicted octanol–water partition coefficient (Wildman–Crippen LogP) is 9.67. The van der Waals surface area contributed by atoms with Gasteiger partial charge in [0.25, 0.3) is 0 Å². The van der Waals surface area contributed by atoms with E-state index in [1.165, 1.54) is 57.8 Å². The zero-order valence-corrected chi connectivity index (χ0v) is 26.3. The summed E-state index contributed by atoms with van der Waals surface area (Å²) in [4.78, 5) is 12.3. The molecule has 0 saturated carbocycles. The number of hydrogen-bond acceptors (Lipinski definition) is 3. The summed E-state index contributed by atoms with van der Waals surface area (Å²) in [6.45, 7) is 4.20. The number of unbranched alkanes of at least 4 members (excludes halogenated alkanes) is 14. The standard InChI is InChI=1S/C36H65NO3/c1-3-5-7-9-11-13-15-16-17-18-19-20-22-24-26-28-30-32-36(40)37-34(33-38)35(39)31-29-27-25-23-21-14-12-10-8-6-4-2/h5,7,11,13,16-17,19-20,34-35,38-39H,3-4,6,8-10,12,14-15,18,21-33H2,1-2H3,(H,37,40)/b7-5-,13-11-,17-16-,20-19-. The molecule has 0 heterocycles. The van der Waals surface area contributed by atoms with Crippen molar-refractivity contribution < 1.29 is 15.0 Å². The number of aliphatic hydroxyl groups excluding tert-OH is 2. The summed E-state index contributed by atoms with van der Waals surface area (Å²) in [7, 11) is 0. The lowest BCUT2D eigenvalue weighted by atomic mass is 10.0. The predicted molar refractivity (Wildman–Crippen MR) is 175 cm³/mol. The van der Waals surface area contributed by atoms with Gasteiger partial charge in [0, 0.05) is 6.42 Å². The molecule has 4 nitrogen and oxygen atoms in total. The van der Waals surface area contributed by atoms with Gasteiger partial charge in [0.1, 0.15) is 0 Å². The molecular formula is C36H65NO3. The molecule has 0 fully saturated rings. The molecular weight excluding hydrogens is 494 g/mol. The van der Waals surface area contributed by atoms with E-state index >= 15 is 0 Å². The van der Waals surface area contributed by atoms with Crippen molar-refractivity contribution in [3.05, 3.63) is 48.6 Å². The second-order valence-corrected chi connectivity index (χ2v) is 11.2. The molecule has 0 rings (SSSR count). The van der Waals surface area contributed by atoms with E-state index in [9.17, 15) is 15.0 Å². The van der Waals surface area contributed by atoms with Crippen molar-refractivity contribution in [3.63, 3.8) is 0 Å². The minimum Gasteiger partial charge on any atom is -0.394 e. The van der Waals surface area contributed by atoms with Crippen LogP contribution in [0.3, 0.4) is 0 Å². The maximum absolute atomic E-state index is 12.3. The lowest BCUT2D eigenvalue weighted by molar-refractivity contribution is -0.123. The fraction of sp³-hybridized carbons (Fsp3) is 0.750. The third-order valence-corrected chi connectivity index (χ3v) is 7.35. The molecule has 0 aliphatic carbocycles. The van der Waals surface area contributed by atoms with E-state index in [4.69, 9.17) is 0 Å². The molecule has 2 unspecified atom stereocenters. The zero-order chi connectivity index (χ0) is 29.4. The van der Waals surface area contributed by atoms with Gasteiger partial charge in [0.15, 0.2) is 0 Å². The second kappa shape index (κ2) is 31.9. The number of hydrogen-bond donors (Lipinski definition) is 3. The van der Waals surface area contributed by atoms with Crippen LogP contribution in [-0.4, -0.2) is 34.9 Å². The number of rotatable bonds is 29. The Kier molecular flexibility index (Phi) is 30.6. The highest BCUT2D eigenvalue weighted by atomic mass is 16.3. The van der Waals surface area contributed by atoms with Gasteiger partial charge in [-0.1, -0.05) is 146 Å². The maximum Gasteiger partial charge on any atom is 0.220 e. The van der Waals surface area contributed by atoms with Crippen LogP contribution in [0, 0.1) is 0 Å². The van der Waals surface area contributed by atoms with Gasteiger partial charge in [-0.25, -0.2) is 0 Å². The molecule has 0 aromatic rings. The van der Waals surface area contributed by atoms with Crippen molar-refractivity contribution in [1.82, 2.24) is 5.32 Å². The van der Waals surface area contributed by atoms with Crippen LogP contribution in [0.15, 0.2) is 48.6 Å². The summed E-state index contributed by atoms with van der Waals surface area (Å²) in [6, 6.07) is -0.547. The van der Waals surface area contributed by atoms with Gasteiger partial charge in [0.05, 0.1) is 18.8 Å². The Bertz CT molecular complexity index is 652. The summed E-state index contributed by atoms with van der Waals surface area (Å²) in [5.74, 6) is -0.0593. The molecule has 0 bridgehead atoms. The first-order valence-electron chi connectivity index (χ1n) is 16.8. The minimum atomic E-state index is -0.668. The van der Waals surface area contributed by atoms with E-state index in [2.05, 4.69) is 67.8 Å². The first-order valence-corrected chi connectivity index (χ1v) is 16.8. The van der Waals surface area contributed by atoms with E-state index in [1.807, 2.05) is 0 Å².